The maximum atomic E-state index is 6.06. The lowest BCUT2D eigenvalue weighted by Gasteiger charge is -2.14. The fourth-order valence-electron chi connectivity index (χ4n) is 2.01. The zero-order valence-corrected chi connectivity index (χ0v) is 12.0. The molecule has 96 valence electrons. The Labute approximate surface area is 121 Å². The van der Waals surface area contributed by atoms with E-state index in [2.05, 4.69) is 47.6 Å². The highest BCUT2D eigenvalue weighted by molar-refractivity contribution is 7.19. The van der Waals surface area contributed by atoms with Gasteiger partial charge in [-0.05, 0) is 36.6 Å². The number of halogens is 1. The van der Waals surface area contributed by atoms with Crippen LogP contribution in [-0.4, -0.2) is 4.98 Å². The molecule has 0 aliphatic heterocycles. The van der Waals surface area contributed by atoms with Crippen molar-refractivity contribution in [3.05, 3.63) is 58.7 Å². The Morgan fingerprint density at radius 3 is 2.84 bits per heavy atom. The number of pyridine rings is 1. The van der Waals surface area contributed by atoms with Gasteiger partial charge < -0.3 is 5.32 Å². The second-order valence-corrected chi connectivity index (χ2v) is 5.87. The van der Waals surface area contributed by atoms with Crippen molar-refractivity contribution in [3.63, 3.8) is 0 Å². The van der Waals surface area contributed by atoms with Crippen molar-refractivity contribution in [3.8, 4) is 0 Å². The maximum absolute atomic E-state index is 6.06. The average molecular weight is 289 g/mol. The monoisotopic (exact) mass is 288 g/mol. The molecule has 2 aromatic heterocycles. The number of benzene rings is 1. The highest BCUT2D eigenvalue weighted by Gasteiger charge is 2.11. The molecule has 2 nitrogen and oxygen atoms in total. The Morgan fingerprint density at radius 1 is 1.21 bits per heavy atom. The highest BCUT2D eigenvalue weighted by atomic mass is 35.5. The molecule has 0 amide bonds. The second-order valence-electron chi connectivity index (χ2n) is 4.39. The Hall–Kier alpha value is -1.58. The molecule has 0 saturated heterocycles. The summed E-state index contributed by atoms with van der Waals surface area (Å²) in [5.41, 5.74) is 0.870. The number of anilines is 1. The molecule has 2 heterocycles. The molecule has 0 aliphatic carbocycles. The van der Waals surface area contributed by atoms with E-state index in [1.54, 1.807) is 17.5 Å². The standard InChI is InChI=1S/C15H13ClN2S/c1-10(18-12-6-4-8-17-15(12)16)14-9-11-5-2-3-7-13(11)19-14/h2-10,18H,1H3. The summed E-state index contributed by atoms with van der Waals surface area (Å²) >= 11 is 7.87. The number of nitrogens with one attached hydrogen (secondary N) is 1. The second kappa shape index (κ2) is 5.19. The third-order valence-corrected chi connectivity index (χ3v) is 4.60. The van der Waals surface area contributed by atoms with E-state index in [-0.39, 0.29) is 6.04 Å². The van der Waals surface area contributed by atoms with Crippen molar-refractivity contribution in [2.75, 3.05) is 5.32 Å². The van der Waals surface area contributed by atoms with Gasteiger partial charge in [-0.1, -0.05) is 29.8 Å². The SMILES string of the molecule is CC(Nc1cccnc1Cl)c1cc2ccccc2s1. The van der Waals surface area contributed by atoms with Crippen LogP contribution >= 0.6 is 22.9 Å². The van der Waals surface area contributed by atoms with Gasteiger partial charge in [-0.3, -0.25) is 0 Å². The number of thiophene rings is 1. The molecule has 3 rings (SSSR count). The van der Waals surface area contributed by atoms with E-state index >= 15 is 0 Å². The number of nitrogens with zero attached hydrogens (tertiary/aromatic N) is 1. The third-order valence-electron chi connectivity index (χ3n) is 3.00. The van der Waals surface area contributed by atoms with Crippen LogP contribution in [0.5, 0.6) is 0 Å². The molecule has 0 aliphatic rings. The van der Waals surface area contributed by atoms with Crippen LogP contribution in [-0.2, 0) is 0 Å². The number of fused-ring (bicyclic) bond motifs is 1. The summed E-state index contributed by atoms with van der Waals surface area (Å²) in [6.45, 7) is 2.13. The van der Waals surface area contributed by atoms with Gasteiger partial charge in [-0.2, -0.15) is 0 Å². The summed E-state index contributed by atoms with van der Waals surface area (Å²) in [7, 11) is 0. The minimum atomic E-state index is 0.208. The molecular weight excluding hydrogens is 276 g/mol. The van der Waals surface area contributed by atoms with E-state index in [1.165, 1.54) is 15.0 Å². The molecule has 0 radical (unpaired) electrons. The van der Waals surface area contributed by atoms with E-state index in [4.69, 9.17) is 11.6 Å². The van der Waals surface area contributed by atoms with Gasteiger partial charge in [0.2, 0.25) is 0 Å². The van der Waals surface area contributed by atoms with Crippen LogP contribution in [0.3, 0.4) is 0 Å². The number of rotatable bonds is 3. The van der Waals surface area contributed by atoms with Crippen molar-refractivity contribution in [2.45, 2.75) is 13.0 Å². The summed E-state index contributed by atoms with van der Waals surface area (Å²) in [4.78, 5) is 5.37. The summed E-state index contributed by atoms with van der Waals surface area (Å²) in [5, 5.41) is 5.20. The van der Waals surface area contributed by atoms with Gasteiger partial charge in [0.15, 0.2) is 5.15 Å². The van der Waals surface area contributed by atoms with Crippen molar-refractivity contribution in [1.29, 1.82) is 0 Å². The van der Waals surface area contributed by atoms with Crippen LogP contribution in [0.15, 0.2) is 48.7 Å². The molecular formula is C15H13ClN2S. The Morgan fingerprint density at radius 2 is 2.05 bits per heavy atom. The fourth-order valence-corrected chi connectivity index (χ4v) is 3.25. The first-order valence-electron chi connectivity index (χ1n) is 6.09. The summed E-state index contributed by atoms with van der Waals surface area (Å²) in [6, 6.07) is 14.7. The lowest BCUT2D eigenvalue weighted by atomic mass is 10.2. The van der Waals surface area contributed by atoms with E-state index < -0.39 is 0 Å². The smallest absolute Gasteiger partial charge is 0.152 e. The predicted octanol–water partition coefficient (Wildman–Crippen LogP) is 5.12. The lowest BCUT2D eigenvalue weighted by Crippen LogP contribution is -2.05. The van der Waals surface area contributed by atoms with Gasteiger partial charge in [0.25, 0.3) is 0 Å². The van der Waals surface area contributed by atoms with Gasteiger partial charge >= 0.3 is 0 Å². The van der Waals surface area contributed by atoms with Crippen LogP contribution in [0.25, 0.3) is 10.1 Å². The fraction of sp³-hybridized carbons (Fsp3) is 0.133. The molecule has 0 fully saturated rings. The summed E-state index contributed by atoms with van der Waals surface area (Å²) in [5.74, 6) is 0. The van der Waals surface area contributed by atoms with Gasteiger partial charge in [-0.25, -0.2) is 4.98 Å². The van der Waals surface area contributed by atoms with Crippen molar-refractivity contribution < 1.29 is 0 Å². The van der Waals surface area contributed by atoms with E-state index in [0.717, 1.165) is 5.69 Å². The zero-order chi connectivity index (χ0) is 13.2. The minimum absolute atomic E-state index is 0.208. The molecule has 0 spiro atoms. The minimum Gasteiger partial charge on any atom is -0.375 e. The highest BCUT2D eigenvalue weighted by Crippen LogP contribution is 2.32. The molecule has 0 saturated carbocycles. The summed E-state index contributed by atoms with van der Waals surface area (Å²) < 4.78 is 1.31. The van der Waals surface area contributed by atoms with E-state index in [9.17, 15) is 0 Å². The number of aromatic nitrogens is 1. The topological polar surface area (TPSA) is 24.9 Å². The van der Waals surface area contributed by atoms with Crippen LogP contribution in [0, 0.1) is 0 Å². The Bertz CT molecular complexity index is 675. The van der Waals surface area contributed by atoms with Crippen LogP contribution in [0.1, 0.15) is 17.8 Å². The van der Waals surface area contributed by atoms with Gasteiger partial charge in [0.1, 0.15) is 0 Å². The first-order chi connectivity index (χ1) is 9.24. The van der Waals surface area contributed by atoms with Crippen molar-refractivity contribution in [2.24, 2.45) is 0 Å². The van der Waals surface area contributed by atoms with Gasteiger partial charge in [0.05, 0.1) is 11.7 Å². The average Bonchev–Trinajstić information content (AvgIpc) is 2.85. The summed E-state index contributed by atoms with van der Waals surface area (Å²) in [6.07, 6.45) is 1.69. The Kier molecular flexibility index (Phi) is 3.40. The molecule has 19 heavy (non-hydrogen) atoms. The van der Waals surface area contributed by atoms with E-state index in [0.29, 0.717) is 5.15 Å². The van der Waals surface area contributed by atoms with Crippen LogP contribution in [0.4, 0.5) is 5.69 Å². The van der Waals surface area contributed by atoms with Crippen LogP contribution < -0.4 is 5.32 Å². The Balaban J connectivity index is 1.87. The van der Waals surface area contributed by atoms with Crippen molar-refractivity contribution in [1.82, 2.24) is 4.98 Å². The maximum Gasteiger partial charge on any atom is 0.152 e. The first-order valence-corrected chi connectivity index (χ1v) is 7.29. The normalized spacial score (nSPS) is 12.5. The molecule has 3 aromatic rings. The van der Waals surface area contributed by atoms with E-state index in [1.807, 2.05) is 12.1 Å². The third kappa shape index (κ3) is 2.57. The van der Waals surface area contributed by atoms with Crippen LogP contribution in [0.2, 0.25) is 5.15 Å². The lowest BCUT2D eigenvalue weighted by molar-refractivity contribution is 0.907. The molecule has 4 heteroatoms. The number of hydrogen-bond donors (Lipinski definition) is 1. The molecule has 1 aromatic carbocycles. The zero-order valence-electron chi connectivity index (χ0n) is 10.4. The first kappa shape index (κ1) is 12.5. The predicted molar refractivity (Wildman–Crippen MR) is 83.1 cm³/mol. The largest absolute Gasteiger partial charge is 0.375 e. The number of hydrogen-bond acceptors (Lipinski definition) is 3. The van der Waals surface area contributed by atoms with Gasteiger partial charge in [-0.15, -0.1) is 11.3 Å². The molecule has 0 bridgehead atoms. The molecule has 1 atom stereocenters. The molecule has 1 N–H and O–H groups in total. The van der Waals surface area contributed by atoms with Crippen molar-refractivity contribution >= 4 is 38.7 Å². The quantitative estimate of drug-likeness (QED) is 0.676. The van der Waals surface area contributed by atoms with Gasteiger partial charge in [0, 0.05) is 15.8 Å². The molecule has 1 unspecified atom stereocenters.